The predicted octanol–water partition coefficient (Wildman–Crippen LogP) is 2.48. The topological polar surface area (TPSA) is 97.6 Å². The van der Waals surface area contributed by atoms with Crippen molar-refractivity contribution >= 4 is 11.9 Å². The Kier molecular flexibility index (Phi) is 8.51. The second-order valence-corrected chi connectivity index (χ2v) is 6.21. The van der Waals surface area contributed by atoms with Gasteiger partial charge in [-0.05, 0) is 31.0 Å². The molecule has 1 atom stereocenters. The number of carbonyl (C=O) groups excluding carboxylic acids is 2. The summed E-state index contributed by atoms with van der Waals surface area (Å²) in [4.78, 5) is 24.4. The summed E-state index contributed by atoms with van der Waals surface area (Å²) >= 11 is 0. The van der Waals surface area contributed by atoms with E-state index in [9.17, 15) is 9.59 Å². The number of methoxy groups -OCH3 is 1. The number of hydrogen-bond acceptors (Lipinski definition) is 6. The Bertz CT molecular complexity index is 861. The lowest BCUT2D eigenvalue weighted by atomic mass is 9.99. The van der Waals surface area contributed by atoms with Crippen LogP contribution < -0.4 is 14.8 Å². The maximum atomic E-state index is 12.2. The number of ether oxygens (including phenoxy) is 3. The highest BCUT2D eigenvalue weighted by atomic mass is 16.5. The first-order valence-corrected chi connectivity index (χ1v) is 9.25. The van der Waals surface area contributed by atoms with Gasteiger partial charge in [-0.25, -0.2) is 0 Å². The number of hydrogen-bond donors (Lipinski definition) is 1. The van der Waals surface area contributed by atoms with Crippen LogP contribution in [-0.2, 0) is 20.7 Å². The summed E-state index contributed by atoms with van der Waals surface area (Å²) in [5.41, 5.74) is 1.41. The Morgan fingerprint density at radius 2 is 1.90 bits per heavy atom. The minimum atomic E-state index is -0.495. The first kappa shape index (κ1) is 21.8. The van der Waals surface area contributed by atoms with Gasteiger partial charge in [0.1, 0.15) is 0 Å². The molecule has 0 saturated heterocycles. The number of carbonyl (C=O) groups is 2. The van der Waals surface area contributed by atoms with Gasteiger partial charge in [-0.15, -0.1) is 0 Å². The molecule has 2 aromatic rings. The first-order chi connectivity index (χ1) is 14.1. The van der Waals surface area contributed by atoms with E-state index in [1.165, 1.54) is 13.2 Å². The van der Waals surface area contributed by atoms with Gasteiger partial charge >= 0.3 is 5.97 Å². The smallest absolute Gasteiger partial charge is 0.311 e. The van der Waals surface area contributed by atoms with Crippen molar-refractivity contribution in [2.45, 2.75) is 13.3 Å². The van der Waals surface area contributed by atoms with Gasteiger partial charge < -0.3 is 19.5 Å². The third-order valence-electron chi connectivity index (χ3n) is 4.14. The molecule has 7 nitrogen and oxygen atoms in total. The molecular formula is C22H24N2O5. The zero-order valence-corrected chi connectivity index (χ0v) is 16.5. The van der Waals surface area contributed by atoms with E-state index in [2.05, 4.69) is 5.32 Å². The molecule has 1 unspecified atom stereocenters. The number of amides is 1. The molecule has 0 heterocycles. The molecule has 0 aromatic heterocycles. The summed E-state index contributed by atoms with van der Waals surface area (Å²) in [5, 5.41) is 11.6. The van der Waals surface area contributed by atoms with Crippen molar-refractivity contribution < 1.29 is 23.8 Å². The molecular weight excluding hydrogens is 372 g/mol. The van der Waals surface area contributed by atoms with Gasteiger partial charge in [-0.2, -0.15) is 5.26 Å². The van der Waals surface area contributed by atoms with Crippen LogP contribution in [-0.4, -0.2) is 38.7 Å². The van der Waals surface area contributed by atoms with Crippen LogP contribution in [0.25, 0.3) is 0 Å². The molecule has 0 saturated carbocycles. The summed E-state index contributed by atoms with van der Waals surface area (Å²) in [6, 6.07) is 16.2. The number of nitrogens with one attached hydrogen (secondary N) is 1. The molecule has 0 aliphatic carbocycles. The second-order valence-electron chi connectivity index (χ2n) is 6.21. The fourth-order valence-electron chi connectivity index (χ4n) is 2.69. The van der Waals surface area contributed by atoms with E-state index >= 15 is 0 Å². The lowest BCUT2D eigenvalue weighted by molar-refractivity contribution is -0.147. The molecule has 29 heavy (non-hydrogen) atoms. The Labute approximate surface area is 170 Å². The van der Waals surface area contributed by atoms with E-state index in [1.54, 1.807) is 19.1 Å². The zero-order valence-electron chi connectivity index (χ0n) is 16.5. The molecule has 152 valence electrons. The Morgan fingerprint density at radius 1 is 1.14 bits per heavy atom. The number of nitrogens with zero attached hydrogens (tertiary/aromatic N) is 1. The second kappa shape index (κ2) is 11.3. The van der Waals surface area contributed by atoms with Gasteiger partial charge in [-0.3, -0.25) is 9.59 Å². The van der Waals surface area contributed by atoms with Crippen LogP contribution in [0.4, 0.5) is 0 Å². The lowest BCUT2D eigenvalue weighted by Crippen LogP contribution is -2.37. The number of nitriles is 1. The van der Waals surface area contributed by atoms with Gasteiger partial charge in [0.05, 0.1) is 31.3 Å². The minimum absolute atomic E-state index is 0.139. The molecule has 1 N–H and O–H groups in total. The van der Waals surface area contributed by atoms with Crippen LogP contribution in [0.3, 0.4) is 0 Å². The lowest BCUT2D eigenvalue weighted by Gasteiger charge is -2.17. The van der Waals surface area contributed by atoms with Crippen LogP contribution >= 0.6 is 0 Å². The van der Waals surface area contributed by atoms with Crippen LogP contribution in [0.15, 0.2) is 48.5 Å². The highest BCUT2D eigenvalue weighted by molar-refractivity contribution is 5.79. The largest absolute Gasteiger partial charge is 0.493 e. The minimum Gasteiger partial charge on any atom is -0.493 e. The van der Waals surface area contributed by atoms with Crippen molar-refractivity contribution in [2.75, 3.05) is 26.9 Å². The van der Waals surface area contributed by atoms with E-state index in [1.807, 2.05) is 36.4 Å². The summed E-state index contributed by atoms with van der Waals surface area (Å²) in [6.07, 6.45) is 0.463. The summed E-state index contributed by atoms with van der Waals surface area (Å²) in [5.74, 6) is -0.505. The standard InChI is InChI=1S/C22H24N2O5/c1-3-28-22(26)18(11-16-7-5-4-6-8-16)14-24-21(25)15-29-19-10-9-17(13-23)12-20(19)27-2/h4-10,12,18H,3,11,14-15H2,1-2H3,(H,24,25). The van der Waals surface area contributed by atoms with Crippen molar-refractivity contribution in [2.24, 2.45) is 5.92 Å². The zero-order chi connectivity index (χ0) is 21.1. The number of esters is 1. The van der Waals surface area contributed by atoms with Gasteiger partial charge in [0, 0.05) is 12.6 Å². The first-order valence-electron chi connectivity index (χ1n) is 9.25. The van der Waals surface area contributed by atoms with Crippen LogP contribution in [0.2, 0.25) is 0 Å². The quantitative estimate of drug-likeness (QED) is 0.620. The Hall–Kier alpha value is -3.53. The molecule has 0 spiro atoms. The molecule has 2 rings (SSSR count). The van der Waals surface area contributed by atoms with E-state index in [-0.39, 0.29) is 31.6 Å². The molecule has 2 aromatic carbocycles. The fraction of sp³-hybridized carbons (Fsp3) is 0.318. The van der Waals surface area contributed by atoms with Gasteiger partial charge in [0.25, 0.3) is 5.91 Å². The Morgan fingerprint density at radius 3 is 2.55 bits per heavy atom. The molecule has 0 radical (unpaired) electrons. The molecule has 0 bridgehead atoms. The highest BCUT2D eigenvalue weighted by Gasteiger charge is 2.21. The van der Waals surface area contributed by atoms with Crippen molar-refractivity contribution in [3.63, 3.8) is 0 Å². The van der Waals surface area contributed by atoms with Crippen molar-refractivity contribution in [1.82, 2.24) is 5.32 Å². The van der Waals surface area contributed by atoms with Gasteiger partial charge in [-0.1, -0.05) is 30.3 Å². The van der Waals surface area contributed by atoms with E-state index in [4.69, 9.17) is 19.5 Å². The SMILES string of the molecule is CCOC(=O)C(CNC(=O)COc1ccc(C#N)cc1OC)Cc1ccccc1. The maximum absolute atomic E-state index is 12.2. The summed E-state index contributed by atoms with van der Waals surface area (Å²) in [7, 11) is 1.46. The number of rotatable bonds is 10. The molecule has 0 aliphatic rings. The molecule has 0 fully saturated rings. The normalized spacial score (nSPS) is 11.1. The van der Waals surface area contributed by atoms with Crippen molar-refractivity contribution in [1.29, 1.82) is 5.26 Å². The molecule has 0 aliphatic heterocycles. The van der Waals surface area contributed by atoms with Gasteiger partial charge in [0.15, 0.2) is 18.1 Å². The van der Waals surface area contributed by atoms with Crippen molar-refractivity contribution in [3.05, 3.63) is 59.7 Å². The summed E-state index contributed by atoms with van der Waals surface area (Å²) in [6.45, 7) is 1.91. The third kappa shape index (κ3) is 6.85. The third-order valence-corrected chi connectivity index (χ3v) is 4.14. The van der Waals surface area contributed by atoms with E-state index in [0.29, 0.717) is 23.5 Å². The van der Waals surface area contributed by atoms with Gasteiger partial charge in [0.2, 0.25) is 0 Å². The van der Waals surface area contributed by atoms with Crippen LogP contribution in [0.1, 0.15) is 18.1 Å². The molecule has 7 heteroatoms. The van der Waals surface area contributed by atoms with Crippen molar-refractivity contribution in [3.8, 4) is 17.6 Å². The predicted molar refractivity (Wildman–Crippen MR) is 106 cm³/mol. The monoisotopic (exact) mass is 396 g/mol. The van der Waals surface area contributed by atoms with E-state index in [0.717, 1.165) is 5.56 Å². The maximum Gasteiger partial charge on any atom is 0.311 e. The average Bonchev–Trinajstić information content (AvgIpc) is 2.75. The Balaban J connectivity index is 1.92. The van der Waals surface area contributed by atoms with E-state index < -0.39 is 5.92 Å². The molecule has 1 amide bonds. The van der Waals surface area contributed by atoms with Crippen LogP contribution in [0, 0.1) is 17.2 Å². The average molecular weight is 396 g/mol. The highest BCUT2D eigenvalue weighted by Crippen LogP contribution is 2.27. The van der Waals surface area contributed by atoms with Crippen LogP contribution in [0.5, 0.6) is 11.5 Å². The fourth-order valence-corrected chi connectivity index (χ4v) is 2.69. The summed E-state index contributed by atoms with van der Waals surface area (Å²) < 4.78 is 15.8. The number of benzene rings is 2.